The van der Waals surface area contributed by atoms with E-state index >= 15 is 0 Å². The van der Waals surface area contributed by atoms with E-state index in [4.69, 9.17) is 0 Å². The third kappa shape index (κ3) is 2.63. The lowest BCUT2D eigenvalue weighted by Gasteiger charge is -2.05. The van der Waals surface area contributed by atoms with E-state index in [1.807, 2.05) is 30.7 Å². The van der Waals surface area contributed by atoms with E-state index in [9.17, 15) is 0 Å². The molecular formula is C18H17N7. The molecule has 7 nitrogen and oxygen atoms in total. The molecule has 0 saturated heterocycles. The van der Waals surface area contributed by atoms with Crippen molar-refractivity contribution in [2.24, 2.45) is 0 Å². The lowest BCUT2D eigenvalue weighted by atomic mass is 10.2. The molecule has 2 N–H and O–H groups in total. The first kappa shape index (κ1) is 14.2. The number of hydrogen-bond donors (Lipinski definition) is 2. The van der Waals surface area contributed by atoms with Crippen molar-refractivity contribution < 1.29 is 0 Å². The van der Waals surface area contributed by atoms with Crippen molar-refractivity contribution in [1.82, 2.24) is 29.5 Å². The lowest BCUT2D eigenvalue weighted by Crippen LogP contribution is -2.04. The molecule has 4 aromatic rings. The average molecular weight is 331 g/mol. The van der Waals surface area contributed by atoms with Crippen LogP contribution < -0.4 is 5.32 Å². The predicted octanol–water partition coefficient (Wildman–Crippen LogP) is 3.16. The SMILES string of the molecule is c1ccc(-c2cnc(CNc3ncnc4c3ncn4C3CC3)[nH]2)cc1. The molecule has 1 saturated carbocycles. The van der Waals surface area contributed by atoms with Crippen LogP contribution in [0.1, 0.15) is 24.7 Å². The maximum Gasteiger partial charge on any atom is 0.165 e. The first-order valence-electron chi connectivity index (χ1n) is 8.39. The smallest absolute Gasteiger partial charge is 0.165 e. The van der Waals surface area contributed by atoms with Crippen LogP contribution in [0.25, 0.3) is 22.4 Å². The van der Waals surface area contributed by atoms with E-state index in [0.29, 0.717) is 12.6 Å². The highest BCUT2D eigenvalue weighted by molar-refractivity contribution is 5.82. The Hall–Kier alpha value is -3.22. The van der Waals surface area contributed by atoms with Crippen LogP contribution in [0.3, 0.4) is 0 Å². The Balaban J connectivity index is 1.36. The highest BCUT2D eigenvalue weighted by Gasteiger charge is 2.26. The van der Waals surface area contributed by atoms with E-state index in [0.717, 1.165) is 34.1 Å². The zero-order valence-corrected chi connectivity index (χ0v) is 13.6. The van der Waals surface area contributed by atoms with Gasteiger partial charge in [0.15, 0.2) is 11.5 Å². The number of nitrogens with zero attached hydrogens (tertiary/aromatic N) is 5. The Morgan fingerprint density at radius 3 is 2.80 bits per heavy atom. The van der Waals surface area contributed by atoms with Crippen LogP contribution in [0.2, 0.25) is 0 Å². The summed E-state index contributed by atoms with van der Waals surface area (Å²) in [5.74, 6) is 1.59. The molecule has 1 aliphatic rings. The predicted molar refractivity (Wildman–Crippen MR) is 94.9 cm³/mol. The molecule has 0 unspecified atom stereocenters. The second-order valence-corrected chi connectivity index (χ2v) is 6.24. The fraction of sp³-hybridized carbons (Fsp3) is 0.222. The van der Waals surface area contributed by atoms with Gasteiger partial charge in [0.25, 0.3) is 0 Å². The summed E-state index contributed by atoms with van der Waals surface area (Å²) >= 11 is 0. The minimum atomic E-state index is 0.547. The second-order valence-electron chi connectivity index (χ2n) is 6.24. The molecule has 0 radical (unpaired) electrons. The topological polar surface area (TPSA) is 84.3 Å². The molecule has 0 atom stereocenters. The number of rotatable bonds is 5. The van der Waals surface area contributed by atoms with Gasteiger partial charge in [-0.2, -0.15) is 0 Å². The second kappa shape index (κ2) is 5.70. The molecule has 0 spiro atoms. The van der Waals surface area contributed by atoms with Crippen molar-refractivity contribution >= 4 is 17.0 Å². The van der Waals surface area contributed by atoms with Gasteiger partial charge in [-0.05, 0) is 18.4 Å². The molecule has 5 rings (SSSR count). The van der Waals surface area contributed by atoms with E-state index in [1.165, 1.54) is 12.8 Å². The fourth-order valence-corrected chi connectivity index (χ4v) is 2.99. The van der Waals surface area contributed by atoms with Crippen molar-refractivity contribution in [3.05, 3.63) is 55.0 Å². The molecule has 1 fully saturated rings. The summed E-state index contributed by atoms with van der Waals surface area (Å²) < 4.78 is 2.14. The van der Waals surface area contributed by atoms with Gasteiger partial charge in [0.1, 0.15) is 17.7 Å². The number of aromatic amines is 1. The Morgan fingerprint density at radius 1 is 1.08 bits per heavy atom. The number of nitrogens with one attached hydrogen (secondary N) is 2. The molecular weight excluding hydrogens is 314 g/mol. The average Bonchev–Trinajstić information content (AvgIpc) is 3.23. The quantitative estimate of drug-likeness (QED) is 0.587. The van der Waals surface area contributed by atoms with Gasteiger partial charge in [-0.15, -0.1) is 0 Å². The van der Waals surface area contributed by atoms with E-state index < -0.39 is 0 Å². The van der Waals surface area contributed by atoms with E-state index in [2.05, 4.69) is 46.9 Å². The highest BCUT2D eigenvalue weighted by Crippen LogP contribution is 2.37. The third-order valence-corrected chi connectivity index (χ3v) is 4.44. The van der Waals surface area contributed by atoms with Crippen LogP contribution in [-0.4, -0.2) is 29.5 Å². The number of anilines is 1. The molecule has 124 valence electrons. The van der Waals surface area contributed by atoms with Crippen LogP contribution in [0, 0.1) is 0 Å². The number of imidazole rings is 2. The van der Waals surface area contributed by atoms with Gasteiger partial charge in [0.2, 0.25) is 0 Å². The van der Waals surface area contributed by atoms with E-state index in [-0.39, 0.29) is 0 Å². The number of benzene rings is 1. The van der Waals surface area contributed by atoms with Crippen molar-refractivity contribution in [3.63, 3.8) is 0 Å². The van der Waals surface area contributed by atoms with Crippen LogP contribution in [0.5, 0.6) is 0 Å². The van der Waals surface area contributed by atoms with Gasteiger partial charge in [-0.1, -0.05) is 30.3 Å². The van der Waals surface area contributed by atoms with Crippen molar-refractivity contribution in [2.75, 3.05) is 5.32 Å². The number of aromatic nitrogens is 6. The summed E-state index contributed by atoms with van der Waals surface area (Å²) in [6.07, 6.45) is 7.70. The molecule has 0 amide bonds. The van der Waals surface area contributed by atoms with Crippen LogP contribution >= 0.6 is 0 Å². The van der Waals surface area contributed by atoms with Gasteiger partial charge >= 0.3 is 0 Å². The summed E-state index contributed by atoms with van der Waals surface area (Å²) in [6, 6.07) is 10.7. The number of fused-ring (bicyclic) bond motifs is 1. The summed E-state index contributed by atoms with van der Waals surface area (Å²) in [5, 5.41) is 3.32. The maximum atomic E-state index is 4.49. The van der Waals surface area contributed by atoms with Gasteiger partial charge in [-0.3, -0.25) is 0 Å². The van der Waals surface area contributed by atoms with Gasteiger partial charge in [0.05, 0.1) is 24.8 Å². The first-order valence-corrected chi connectivity index (χ1v) is 8.39. The normalized spacial score (nSPS) is 14.1. The van der Waals surface area contributed by atoms with Crippen LogP contribution in [0.15, 0.2) is 49.2 Å². The molecule has 7 heteroatoms. The van der Waals surface area contributed by atoms with Crippen LogP contribution in [0.4, 0.5) is 5.82 Å². The maximum absolute atomic E-state index is 4.49. The molecule has 1 aromatic carbocycles. The molecule has 1 aliphatic carbocycles. The Morgan fingerprint density at radius 2 is 1.96 bits per heavy atom. The Kier molecular flexibility index (Phi) is 3.22. The molecule has 0 bridgehead atoms. The lowest BCUT2D eigenvalue weighted by molar-refractivity contribution is 0.756. The zero-order valence-electron chi connectivity index (χ0n) is 13.6. The molecule has 3 aromatic heterocycles. The largest absolute Gasteiger partial charge is 0.361 e. The standard InChI is InChI=1S/C18H17N7/c1-2-4-12(5-3-1)14-8-19-15(24-14)9-20-17-16-18(22-10-21-17)25(11-23-16)13-6-7-13/h1-5,8,10-11,13H,6-7,9H2,(H,19,24)(H,20,21,22). The Bertz CT molecular complexity index is 1010. The Labute approximate surface area is 144 Å². The molecule has 3 heterocycles. The fourth-order valence-electron chi connectivity index (χ4n) is 2.99. The summed E-state index contributed by atoms with van der Waals surface area (Å²) in [5.41, 5.74) is 3.82. The third-order valence-electron chi connectivity index (χ3n) is 4.44. The van der Waals surface area contributed by atoms with Gasteiger partial charge in [0, 0.05) is 6.04 Å². The summed E-state index contributed by atoms with van der Waals surface area (Å²) in [7, 11) is 0. The minimum Gasteiger partial charge on any atom is -0.361 e. The summed E-state index contributed by atoms with van der Waals surface area (Å²) in [4.78, 5) is 21.0. The monoisotopic (exact) mass is 331 g/mol. The van der Waals surface area contributed by atoms with E-state index in [1.54, 1.807) is 6.33 Å². The minimum absolute atomic E-state index is 0.547. The highest BCUT2D eigenvalue weighted by atomic mass is 15.2. The van der Waals surface area contributed by atoms with Crippen LogP contribution in [-0.2, 0) is 6.54 Å². The number of H-pyrrole nitrogens is 1. The zero-order chi connectivity index (χ0) is 16.6. The van der Waals surface area contributed by atoms with Crippen molar-refractivity contribution in [3.8, 4) is 11.3 Å². The van der Waals surface area contributed by atoms with Gasteiger partial charge < -0.3 is 14.9 Å². The summed E-state index contributed by atoms with van der Waals surface area (Å²) in [6.45, 7) is 0.551. The number of hydrogen-bond acceptors (Lipinski definition) is 5. The molecule has 0 aliphatic heterocycles. The molecule has 25 heavy (non-hydrogen) atoms. The first-order chi connectivity index (χ1) is 12.4. The van der Waals surface area contributed by atoms with Gasteiger partial charge in [-0.25, -0.2) is 19.9 Å². The van der Waals surface area contributed by atoms with Crippen molar-refractivity contribution in [2.45, 2.75) is 25.4 Å². The van der Waals surface area contributed by atoms with Crippen molar-refractivity contribution in [1.29, 1.82) is 0 Å².